The summed E-state index contributed by atoms with van der Waals surface area (Å²) in [6.07, 6.45) is 1.76. The highest BCUT2D eigenvalue weighted by atomic mass is 32.2. The summed E-state index contributed by atoms with van der Waals surface area (Å²) in [6.45, 7) is 4.08. The van der Waals surface area contributed by atoms with Gasteiger partial charge in [-0.3, -0.25) is 0 Å². The van der Waals surface area contributed by atoms with Crippen LogP contribution in [0.4, 0.5) is 10.1 Å². The zero-order valence-corrected chi connectivity index (χ0v) is 15.2. The number of benzene rings is 1. The minimum Gasteiger partial charge on any atom is -0.371 e. The number of anilines is 1. The number of halogens is 1. The van der Waals surface area contributed by atoms with E-state index in [1.807, 2.05) is 13.0 Å². The summed E-state index contributed by atoms with van der Waals surface area (Å²) in [7, 11) is -3.42. The third-order valence-corrected chi connectivity index (χ3v) is 7.43. The number of rotatable bonds is 6. The van der Waals surface area contributed by atoms with Crippen molar-refractivity contribution in [1.29, 1.82) is 0 Å². The number of aryl methyl sites for hydroxylation is 1. The number of hydrogen-bond donors (Lipinski definition) is 1. The van der Waals surface area contributed by atoms with Gasteiger partial charge in [-0.25, -0.2) is 17.5 Å². The third kappa shape index (κ3) is 3.96. The molecule has 0 aliphatic carbocycles. The van der Waals surface area contributed by atoms with Crippen molar-refractivity contribution in [2.75, 3.05) is 24.5 Å². The maximum absolute atomic E-state index is 13.0. The maximum Gasteiger partial charge on any atom is 0.250 e. The van der Waals surface area contributed by atoms with Gasteiger partial charge in [-0.1, -0.05) is 6.92 Å². The lowest BCUT2D eigenvalue weighted by Crippen LogP contribution is -2.30. The first kappa shape index (κ1) is 17.4. The molecular weight excluding hydrogens is 347 g/mol. The minimum atomic E-state index is -3.42. The standard InChI is InChI=1S/C17H21FN2O2S2/c1-2-16-7-8-17(23-16)24(21,22)19-11-13-9-10-20(12-13)15-5-3-14(18)4-6-15/h3-8,13,19H,2,9-12H2,1H3. The Morgan fingerprint density at radius 2 is 2.00 bits per heavy atom. The van der Waals surface area contributed by atoms with Crippen molar-refractivity contribution in [3.8, 4) is 0 Å². The van der Waals surface area contributed by atoms with E-state index in [9.17, 15) is 12.8 Å². The van der Waals surface area contributed by atoms with E-state index in [0.717, 1.165) is 36.5 Å². The number of hydrogen-bond acceptors (Lipinski definition) is 4. The van der Waals surface area contributed by atoms with Crippen molar-refractivity contribution >= 4 is 27.0 Å². The average Bonchev–Trinajstić information content (AvgIpc) is 3.23. The maximum atomic E-state index is 13.0. The molecule has 4 nitrogen and oxygen atoms in total. The summed E-state index contributed by atoms with van der Waals surface area (Å²) in [6, 6.07) is 9.97. The van der Waals surface area contributed by atoms with Gasteiger partial charge in [-0.2, -0.15) is 0 Å². The van der Waals surface area contributed by atoms with Crippen LogP contribution >= 0.6 is 11.3 Å². The van der Waals surface area contributed by atoms with Crippen molar-refractivity contribution in [3.63, 3.8) is 0 Å². The molecule has 7 heteroatoms. The van der Waals surface area contributed by atoms with Gasteiger partial charge in [0.15, 0.2) is 0 Å². The molecule has 0 amide bonds. The topological polar surface area (TPSA) is 49.4 Å². The van der Waals surface area contributed by atoms with Crippen molar-refractivity contribution in [1.82, 2.24) is 4.72 Å². The van der Waals surface area contributed by atoms with Gasteiger partial charge in [0.25, 0.3) is 0 Å². The second-order valence-corrected chi connectivity index (χ2v) is 9.17. The zero-order valence-electron chi connectivity index (χ0n) is 13.5. The van der Waals surface area contributed by atoms with E-state index in [1.165, 1.54) is 23.5 Å². The van der Waals surface area contributed by atoms with Gasteiger partial charge in [0.2, 0.25) is 10.0 Å². The molecule has 1 atom stereocenters. The Morgan fingerprint density at radius 3 is 2.67 bits per heavy atom. The molecule has 1 N–H and O–H groups in total. The molecule has 1 saturated heterocycles. The molecule has 1 aliphatic heterocycles. The summed E-state index contributed by atoms with van der Waals surface area (Å²) in [5.41, 5.74) is 0.979. The molecule has 0 spiro atoms. The lowest BCUT2D eigenvalue weighted by atomic mass is 10.1. The van der Waals surface area contributed by atoms with Crippen molar-refractivity contribution in [2.45, 2.75) is 24.0 Å². The number of nitrogens with one attached hydrogen (secondary N) is 1. The Kier molecular flexibility index (Phi) is 5.22. The first-order chi connectivity index (χ1) is 11.5. The highest BCUT2D eigenvalue weighted by Gasteiger charge is 2.25. The molecule has 2 heterocycles. The Balaban J connectivity index is 1.56. The molecule has 1 aromatic heterocycles. The Bertz CT molecular complexity index is 787. The van der Waals surface area contributed by atoms with Gasteiger partial charge in [0, 0.05) is 30.2 Å². The first-order valence-electron chi connectivity index (χ1n) is 8.07. The zero-order chi connectivity index (χ0) is 17.2. The molecule has 0 saturated carbocycles. The van der Waals surface area contributed by atoms with Gasteiger partial charge < -0.3 is 4.90 Å². The molecule has 130 valence electrons. The third-order valence-electron chi connectivity index (χ3n) is 4.29. The summed E-state index contributed by atoms with van der Waals surface area (Å²) in [5.74, 6) is 0.0140. The van der Waals surface area contributed by atoms with E-state index in [-0.39, 0.29) is 11.7 Å². The van der Waals surface area contributed by atoms with E-state index in [4.69, 9.17) is 0 Å². The molecule has 0 bridgehead atoms. The van der Waals surface area contributed by atoms with E-state index in [0.29, 0.717) is 10.8 Å². The molecule has 0 radical (unpaired) electrons. The number of nitrogens with zero attached hydrogens (tertiary/aromatic N) is 1. The van der Waals surface area contributed by atoms with Gasteiger partial charge in [-0.15, -0.1) is 11.3 Å². The smallest absolute Gasteiger partial charge is 0.250 e. The summed E-state index contributed by atoms with van der Waals surface area (Å²) >= 11 is 1.32. The van der Waals surface area contributed by atoms with Gasteiger partial charge >= 0.3 is 0 Å². The number of thiophene rings is 1. The van der Waals surface area contributed by atoms with Gasteiger partial charge in [0.05, 0.1) is 0 Å². The predicted octanol–water partition coefficient (Wildman–Crippen LogP) is 3.25. The van der Waals surface area contributed by atoms with Crippen LogP contribution in [0.3, 0.4) is 0 Å². The van der Waals surface area contributed by atoms with Crippen LogP contribution in [0.2, 0.25) is 0 Å². The summed E-state index contributed by atoms with van der Waals surface area (Å²) in [5, 5.41) is 0. The van der Waals surface area contributed by atoms with Crippen LogP contribution < -0.4 is 9.62 Å². The summed E-state index contributed by atoms with van der Waals surface area (Å²) < 4.78 is 40.8. The second kappa shape index (κ2) is 7.21. The highest BCUT2D eigenvalue weighted by Crippen LogP contribution is 2.25. The fourth-order valence-electron chi connectivity index (χ4n) is 2.88. The second-order valence-electron chi connectivity index (χ2n) is 6.00. The molecule has 1 unspecified atom stereocenters. The largest absolute Gasteiger partial charge is 0.371 e. The van der Waals surface area contributed by atoms with Crippen molar-refractivity contribution < 1.29 is 12.8 Å². The van der Waals surface area contributed by atoms with Crippen molar-refractivity contribution in [2.24, 2.45) is 5.92 Å². The van der Waals surface area contributed by atoms with E-state index < -0.39 is 10.0 Å². The van der Waals surface area contributed by atoms with E-state index in [2.05, 4.69) is 9.62 Å². The Hall–Kier alpha value is -1.44. The van der Waals surface area contributed by atoms with E-state index >= 15 is 0 Å². The first-order valence-corrected chi connectivity index (χ1v) is 10.4. The monoisotopic (exact) mass is 368 g/mol. The van der Waals surface area contributed by atoms with Crippen LogP contribution in [0.15, 0.2) is 40.6 Å². The van der Waals surface area contributed by atoms with Crippen LogP contribution in [0.25, 0.3) is 0 Å². The van der Waals surface area contributed by atoms with Crippen molar-refractivity contribution in [3.05, 3.63) is 47.1 Å². The van der Waals surface area contributed by atoms with Crippen LogP contribution in [-0.2, 0) is 16.4 Å². The molecule has 24 heavy (non-hydrogen) atoms. The molecule has 1 aliphatic rings. The molecule has 1 aromatic carbocycles. The lowest BCUT2D eigenvalue weighted by molar-refractivity contribution is 0.543. The summed E-state index contributed by atoms with van der Waals surface area (Å²) in [4.78, 5) is 3.23. The minimum absolute atomic E-state index is 0.246. The van der Waals surface area contributed by atoms with Gasteiger partial charge in [0.1, 0.15) is 10.0 Å². The van der Waals surface area contributed by atoms with Crippen LogP contribution in [0, 0.1) is 11.7 Å². The van der Waals surface area contributed by atoms with E-state index in [1.54, 1.807) is 18.2 Å². The molecule has 2 aromatic rings. The SMILES string of the molecule is CCc1ccc(S(=O)(=O)NCC2CCN(c3ccc(F)cc3)C2)s1. The Morgan fingerprint density at radius 1 is 1.25 bits per heavy atom. The van der Waals surface area contributed by atoms with Crippen LogP contribution in [0.1, 0.15) is 18.2 Å². The average molecular weight is 368 g/mol. The fraction of sp³-hybridized carbons (Fsp3) is 0.412. The number of sulfonamides is 1. The predicted molar refractivity (Wildman–Crippen MR) is 95.6 cm³/mol. The Labute approximate surface area is 146 Å². The fourth-order valence-corrected chi connectivity index (χ4v) is 5.33. The molecular formula is C17H21FN2O2S2. The van der Waals surface area contributed by atoms with Crippen LogP contribution in [-0.4, -0.2) is 28.1 Å². The normalized spacial score (nSPS) is 18.2. The lowest BCUT2D eigenvalue weighted by Gasteiger charge is -2.18. The molecule has 1 fully saturated rings. The van der Waals surface area contributed by atoms with Gasteiger partial charge in [-0.05, 0) is 55.2 Å². The highest BCUT2D eigenvalue weighted by molar-refractivity contribution is 7.91. The quantitative estimate of drug-likeness (QED) is 0.851. The molecule has 3 rings (SSSR count). The van der Waals surface area contributed by atoms with Crippen LogP contribution in [0.5, 0.6) is 0 Å².